The standard InChI is InChI=1S/C22H20BrN5O2/c1-14-6-4-9-20(28-22(29)27(3)25-26-28)17(14)13-30-21-11-10-16(12-18(21)23)19-8-5-7-15(2)24-19/h4-12H,13H2,1-3H3. The minimum atomic E-state index is -0.307. The number of rotatable bonds is 5. The van der Waals surface area contributed by atoms with Crippen LogP contribution in [0, 0.1) is 13.8 Å². The summed E-state index contributed by atoms with van der Waals surface area (Å²) < 4.78 is 9.40. The summed E-state index contributed by atoms with van der Waals surface area (Å²) >= 11 is 3.60. The van der Waals surface area contributed by atoms with Gasteiger partial charge >= 0.3 is 5.69 Å². The molecule has 4 rings (SSSR count). The van der Waals surface area contributed by atoms with Crippen LogP contribution in [0.3, 0.4) is 0 Å². The second kappa shape index (κ2) is 8.23. The van der Waals surface area contributed by atoms with E-state index in [-0.39, 0.29) is 12.3 Å². The molecule has 4 aromatic rings. The number of hydrogen-bond donors (Lipinski definition) is 0. The summed E-state index contributed by atoms with van der Waals surface area (Å²) in [6.45, 7) is 4.23. The number of halogens is 1. The van der Waals surface area contributed by atoms with Crippen molar-refractivity contribution >= 4 is 15.9 Å². The highest BCUT2D eigenvalue weighted by Gasteiger charge is 2.14. The average Bonchev–Trinajstić information content (AvgIpc) is 3.06. The second-order valence-electron chi connectivity index (χ2n) is 6.97. The Kier molecular flexibility index (Phi) is 5.50. The molecule has 0 N–H and O–H groups in total. The molecule has 0 atom stereocenters. The number of hydrogen-bond acceptors (Lipinski definition) is 5. The van der Waals surface area contributed by atoms with Gasteiger partial charge in [-0.25, -0.2) is 4.79 Å². The lowest BCUT2D eigenvalue weighted by Crippen LogP contribution is -2.23. The molecular formula is C22H20BrN5O2. The molecule has 0 amide bonds. The largest absolute Gasteiger partial charge is 0.488 e. The van der Waals surface area contributed by atoms with E-state index in [1.807, 2.05) is 68.4 Å². The van der Waals surface area contributed by atoms with E-state index in [4.69, 9.17) is 4.74 Å². The minimum Gasteiger partial charge on any atom is -0.488 e. The molecule has 0 bridgehead atoms. The summed E-state index contributed by atoms with van der Waals surface area (Å²) in [5, 5.41) is 7.76. The van der Waals surface area contributed by atoms with Gasteiger partial charge in [0, 0.05) is 23.9 Å². The summed E-state index contributed by atoms with van der Waals surface area (Å²) in [7, 11) is 1.57. The Labute approximate surface area is 182 Å². The number of benzene rings is 2. The van der Waals surface area contributed by atoms with Crippen molar-refractivity contribution in [3.63, 3.8) is 0 Å². The molecule has 30 heavy (non-hydrogen) atoms. The van der Waals surface area contributed by atoms with Crippen LogP contribution in [0.4, 0.5) is 0 Å². The maximum Gasteiger partial charge on any atom is 0.368 e. The zero-order chi connectivity index (χ0) is 21.3. The quantitative estimate of drug-likeness (QED) is 0.445. The van der Waals surface area contributed by atoms with Gasteiger partial charge in [-0.2, -0.15) is 9.36 Å². The third-order valence-electron chi connectivity index (χ3n) is 4.82. The first-order valence-corrected chi connectivity index (χ1v) is 10.2. The number of ether oxygens (including phenoxy) is 1. The van der Waals surface area contributed by atoms with Gasteiger partial charge in [0.05, 0.1) is 15.9 Å². The van der Waals surface area contributed by atoms with E-state index in [0.717, 1.165) is 32.6 Å². The first kappa shape index (κ1) is 20.0. The zero-order valence-corrected chi connectivity index (χ0v) is 18.4. The smallest absolute Gasteiger partial charge is 0.368 e. The van der Waals surface area contributed by atoms with Crippen LogP contribution in [-0.2, 0) is 13.7 Å². The molecule has 2 heterocycles. The summed E-state index contributed by atoms with van der Waals surface area (Å²) in [5.41, 5.74) is 5.10. The van der Waals surface area contributed by atoms with Crippen LogP contribution in [0.1, 0.15) is 16.8 Å². The topological polar surface area (TPSA) is 74.8 Å². The van der Waals surface area contributed by atoms with Crippen molar-refractivity contribution in [3.8, 4) is 22.7 Å². The monoisotopic (exact) mass is 465 g/mol. The molecule has 0 saturated carbocycles. The molecule has 0 unspecified atom stereocenters. The Bertz CT molecular complexity index is 1280. The van der Waals surface area contributed by atoms with Gasteiger partial charge < -0.3 is 4.74 Å². The Morgan fingerprint density at radius 1 is 1.03 bits per heavy atom. The van der Waals surface area contributed by atoms with Crippen molar-refractivity contribution in [1.29, 1.82) is 0 Å². The fourth-order valence-corrected chi connectivity index (χ4v) is 3.66. The summed E-state index contributed by atoms with van der Waals surface area (Å²) in [4.78, 5) is 16.9. The minimum absolute atomic E-state index is 0.283. The molecule has 7 nitrogen and oxygen atoms in total. The van der Waals surface area contributed by atoms with E-state index in [9.17, 15) is 4.79 Å². The maximum atomic E-state index is 12.3. The van der Waals surface area contributed by atoms with E-state index < -0.39 is 0 Å². The van der Waals surface area contributed by atoms with Crippen LogP contribution in [0.2, 0.25) is 0 Å². The molecule has 2 aromatic carbocycles. The first-order chi connectivity index (χ1) is 14.4. The molecule has 0 aliphatic rings. The first-order valence-electron chi connectivity index (χ1n) is 9.38. The maximum absolute atomic E-state index is 12.3. The van der Waals surface area contributed by atoms with Gasteiger partial charge in [-0.15, -0.1) is 0 Å². The molecule has 0 aliphatic heterocycles. The molecule has 2 aromatic heterocycles. The van der Waals surface area contributed by atoms with Gasteiger partial charge in [0.2, 0.25) is 0 Å². The number of aromatic nitrogens is 5. The highest BCUT2D eigenvalue weighted by molar-refractivity contribution is 9.10. The molecule has 0 radical (unpaired) electrons. The Balaban J connectivity index is 1.61. The average molecular weight is 466 g/mol. The SMILES string of the molecule is Cc1cccc(-c2ccc(OCc3c(C)cccc3-n3nnn(C)c3=O)c(Br)c2)n1. The number of tetrazole rings is 1. The van der Waals surface area contributed by atoms with Crippen molar-refractivity contribution in [2.45, 2.75) is 20.5 Å². The summed E-state index contributed by atoms with van der Waals surface area (Å²) in [6.07, 6.45) is 0. The summed E-state index contributed by atoms with van der Waals surface area (Å²) in [5.74, 6) is 0.701. The molecule has 0 saturated heterocycles. The van der Waals surface area contributed by atoms with Crippen LogP contribution in [-0.4, -0.2) is 24.8 Å². The number of aryl methyl sites for hydroxylation is 3. The van der Waals surface area contributed by atoms with E-state index in [2.05, 4.69) is 31.3 Å². The van der Waals surface area contributed by atoms with Crippen LogP contribution in [0.25, 0.3) is 16.9 Å². The summed E-state index contributed by atoms with van der Waals surface area (Å²) in [6, 6.07) is 17.5. The molecule has 0 fully saturated rings. The highest BCUT2D eigenvalue weighted by Crippen LogP contribution is 2.31. The van der Waals surface area contributed by atoms with Crippen molar-refractivity contribution in [2.75, 3.05) is 0 Å². The van der Waals surface area contributed by atoms with Crippen molar-refractivity contribution in [1.82, 2.24) is 24.8 Å². The highest BCUT2D eigenvalue weighted by atomic mass is 79.9. The Morgan fingerprint density at radius 3 is 2.53 bits per heavy atom. The van der Waals surface area contributed by atoms with Crippen LogP contribution < -0.4 is 10.4 Å². The van der Waals surface area contributed by atoms with Gasteiger partial charge in [-0.05, 0) is 82.2 Å². The molecular weight excluding hydrogens is 446 g/mol. The molecule has 0 aliphatic carbocycles. The fourth-order valence-electron chi connectivity index (χ4n) is 3.17. The van der Waals surface area contributed by atoms with Gasteiger partial charge in [0.15, 0.2) is 0 Å². The molecule has 152 valence electrons. The van der Waals surface area contributed by atoms with Crippen LogP contribution >= 0.6 is 15.9 Å². The van der Waals surface area contributed by atoms with E-state index in [1.54, 1.807) is 7.05 Å². The van der Waals surface area contributed by atoms with Gasteiger partial charge in [0.1, 0.15) is 12.4 Å². The second-order valence-corrected chi connectivity index (χ2v) is 7.82. The van der Waals surface area contributed by atoms with Gasteiger partial charge in [-0.1, -0.05) is 18.2 Å². The van der Waals surface area contributed by atoms with E-state index in [0.29, 0.717) is 11.4 Å². The van der Waals surface area contributed by atoms with Gasteiger partial charge in [-0.3, -0.25) is 4.98 Å². The van der Waals surface area contributed by atoms with Crippen molar-refractivity contribution < 1.29 is 4.74 Å². The van der Waals surface area contributed by atoms with Crippen LogP contribution in [0.15, 0.2) is 63.9 Å². The van der Waals surface area contributed by atoms with Crippen LogP contribution in [0.5, 0.6) is 5.75 Å². The normalized spacial score (nSPS) is 10.9. The predicted octanol–water partition coefficient (Wildman–Crippen LogP) is 3.99. The molecule has 8 heteroatoms. The Hall–Kier alpha value is -3.26. The van der Waals surface area contributed by atoms with Gasteiger partial charge in [0.25, 0.3) is 0 Å². The van der Waals surface area contributed by atoms with E-state index >= 15 is 0 Å². The fraction of sp³-hybridized carbons (Fsp3) is 0.182. The molecule has 0 spiro atoms. The van der Waals surface area contributed by atoms with E-state index in [1.165, 1.54) is 9.36 Å². The zero-order valence-electron chi connectivity index (χ0n) is 16.8. The number of nitrogens with zero attached hydrogens (tertiary/aromatic N) is 5. The van der Waals surface area contributed by atoms with Crippen molar-refractivity contribution in [2.24, 2.45) is 7.05 Å². The third kappa shape index (κ3) is 3.91. The van der Waals surface area contributed by atoms with Crippen molar-refractivity contribution in [3.05, 3.63) is 86.4 Å². The third-order valence-corrected chi connectivity index (χ3v) is 5.44. The lowest BCUT2D eigenvalue weighted by molar-refractivity contribution is 0.303. The Morgan fingerprint density at radius 2 is 1.83 bits per heavy atom. The lowest BCUT2D eigenvalue weighted by Gasteiger charge is -2.14. The lowest BCUT2D eigenvalue weighted by atomic mass is 10.1. The number of pyridine rings is 1. The predicted molar refractivity (Wildman–Crippen MR) is 118 cm³/mol.